The molecule has 0 radical (unpaired) electrons. The largest absolute Gasteiger partial charge is 0.292 e. The molecule has 0 amide bonds. The van der Waals surface area contributed by atoms with Crippen molar-refractivity contribution >= 4 is 32.6 Å². The van der Waals surface area contributed by atoms with E-state index in [2.05, 4.69) is 211 Å². The molecule has 0 atom stereocenters. The van der Waals surface area contributed by atoms with Gasteiger partial charge in [-0.25, -0.2) is 4.98 Å². The van der Waals surface area contributed by atoms with Gasteiger partial charge in [0.1, 0.15) is 5.82 Å². The maximum Gasteiger partial charge on any atom is 0.145 e. The summed E-state index contributed by atoms with van der Waals surface area (Å²) in [5, 5.41) is 4.75. The van der Waals surface area contributed by atoms with Crippen molar-refractivity contribution in [3.63, 3.8) is 0 Å². The van der Waals surface area contributed by atoms with Crippen LogP contribution in [0.15, 0.2) is 206 Å². The molecule has 248 valence electrons. The highest BCUT2D eigenvalue weighted by molar-refractivity contribution is 6.22. The van der Waals surface area contributed by atoms with Crippen molar-refractivity contribution in [2.75, 3.05) is 0 Å². The van der Waals surface area contributed by atoms with Crippen molar-refractivity contribution in [1.29, 1.82) is 0 Å². The van der Waals surface area contributed by atoms with Crippen molar-refractivity contribution in [2.45, 2.75) is 0 Å². The van der Waals surface area contributed by atoms with E-state index in [1.165, 1.54) is 54.9 Å². The van der Waals surface area contributed by atoms with Gasteiger partial charge < -0.3 is 0 Å². The van der Waals surface area contributed by atoms with Crippen LogP contribution in [0.2, 0.25) is 0 Å². The summed E-state index contributed by atoms with van der Waals surface area (Å²) in [6.07, 6.45) is 0. The van der Waals surface area contributed by atoms with E-state index in [0.717, 1.165) is 39.2 Å². The molecule has 0 aliphatic rings. The van der Waals surface area contributed by atoms with Gasteiger partial charge in [-0.2, -0.15) is 0 Å². The summed E-state index contributed by atoms with van der Waals surface area (Å²) in [7, 11) is 0. The quantitative estimate of drug-likeness (QED) is 0.172. The van der Waals surface area contributed by atoms with E-state index in [4.69, 9.17) is 4.98 Å². The molecule has 0 aliphatic carbocycles. The van der Waals surface area contributed by atoms with Gasteiger partial charge >= 0.3 is 0 Å². The molecule has 0 saturated carbocycles. The summed E-state index contributed by atoms with van der Waals surface area (Å²) in [5.41, 5.74) is 13.5. The standard InChI is InChI=1S/C51H34N2/c1-4-19-36(20-5-1)41-26-12-14-28-43(41)47-45-30-16-17-31-46(45)48(44-29-15-13-27-42(44)37-21-6-2-7-22-37)50-49(47)52-51(53(50)40-24-8-3-9-25-40)39-33-32-35-18-10-11-23-38(35)34-39/h1-34H. The summed E-state index contributed by atoms with van der Waals surface area (Å²) in [6, 6.07) is 74.0. The van der Waals surface area contributed by atoms with Crippen molar-refractivity contribution in [2.24, 2.45) is 0 Å². The SMILES string of the molecule is c1ccc(-c2ccccc2-c2c3ccccc3c(-c3ccccc3-c3ccccc3)c3c2nc(-c2ccc4ccccc4c2)n3-c2ccccc2)cc1. The Kier molecular flexibility index (Phi) is 7.51. The normalized spacial score (nSPS) is 11.4. The molecule has 0 spiro atoms. The van der Waals surface area contributed by atoms with Crippen molar-refractivity contribution in [3.05, 3.63) is 206 Å². The maximum atomic E-state index is 5.78. The van der Waals surface area contributed by atoms with Crippen LogP contribution >= 0.6 is 0 Å². The van der Waals surface area contributed by atoms with Crippen molar-refractivity contribution in [3.8, 4) is 61.6 Å². The molecule has 0 bridgehead atoms. The van der Waals surface area contributed by atoms with E-state index in [-0.39, 0.29) is 0 Å². The molecular formula is C51H34N2. The fraction of sp³-hybridized carbons (Fsp3) is 0. The highest BCUT2D eigenvalue weighted by atomic mass is 15.1. The van der Waals surface area contributed by atoms with Crippen LogP contribution in [-0.4, -0.2) is 9.55 Å². The van der Waals surface area contributed by atoms with E-state index >= 15 is 0 Å². The minimum absolute atomic E-state index is 0.907. The van der Waals surface area contributed by atoms with E-state index in [1.807, 2.05) is 0 Å². The van der Waals surface area contributed by atoms with Gasteiger partial charge in [0.15, 0.2) is 0 Å². The van der Waals surface area contributed by atoms with Gasteiger partial charge in [0, 0.05) is 22.4 Å². The lowest BCUT2D eigenvalue weighted by molar-refractivity contribution is 1.10. The molecule has 0 saturated heterocycles. The van der Waals surface area contributed by atoms with Crippen molar-refractivity contribution in [1.82, 2.24) is 9.55 Å². The average Bonchev–Trinajstić information content (AvgIpc) is 3.63. The number of imidazole rings is 1. The Labute approximate surface area is 308 Å². The summed E-state index contributed by atoms with van der Waals surface area (Å²) < 4.78 is 2.40. The van der Waals surface area contributed by atoms with Crippen LogP contribution in [0.3, 0.4) is 0 Å². The van der Waals surface area contributed by atoms with Crippen LogP contribution in [-0.2, 0) is 0 Å². The third-order valence-corrected chi connectivity index (χ3v) is 10.4. The second kappa shape index (κ2) is 12.9. The predicted molar refractivity (Wildman–Crippen MR) is 223 cm³/mol. The molecule has 9 aromatic carbocycles. The van der Waals surface area contributed by atoms with Gasteiger partial charge in [-0.1, -0.05) is 188 Å². The van der Waals surface area contributed by atoms with E-state index < -0.39 is 0 Å². The Bertz CT molecular complexity index is 2920. The lowest BCUT2D eigenvalue weighted by atomic mass is 9.85. The second-order valence-corrected chi connectivity index (χ2v) is 13.5. The fourth-order valence-corrected chi connectivity index (χ4v) is 8.04. The van der Waals surface area contributed by atoms with E-state index in [1.54, 1.807) is 0 Å². The van der Waals surface area contributed by atoms with Crippen LogP contribution in [0.4, 0.5) is 0 Å². The Hall–Kier alpha value is -7.03. The molecule has 10 rings (SSSR count). The zero-order valence-electron chi connectivity index (χ0n) is 29.0. The summed E-state index contributed by atoms with van der Waals surface area (Å²) in [5.74, 6) is 0.907. The number of benzene rings is 9. The molecule has 0 N–H and O–H groups in total. The Balaban J connectivity index is 1.43. The van der Waals surface area contributed by atoms with Gasteiger partial charge in [-0.3, -0.25) is 4.57 Å². The maximum absolute atomic E-state index is 5.78. The molecule has 2 nitrogen and oxygen atoms in total. The van der Waals surface area contributed by atoms with Gasteiger partial charge in [-0.05, 0) is 73.1 Å². The Morgan fingerprint density at radius 3 is 1.43 bits per heavy atom. The van der Waals surface area contributed by atoms with Crippen LogP contribution in [0.25, 0.3) is 94.2 Å². The lowest BCUT2D eigenvalue weighted by Crippen LogP contribution is -2.00. The van der Waals surface area contributed by atoms with Crippen LogP contribution in [0.1, 0.15) is 0 Å². The Morgan fingerprint density at radius 2 is 0.811 bits per heavy atom. The summed E-state index contributed by atoms with van der Waals surface area (Å²) >= 11 is 0. The van der Waals surface area contributed by atoms with Crippen LogP contribution in [0, 0.1) is 0 Å². The molecule has 0 aliphatic heterocycles. The molecule has 0 fully saturated rings. The predicted octanol–water partition coefficient (Wildman–Crippen LogP) is 13.7. The number of hydrogen-bond donors (Lipinski definition) is 0. The lowest BCUT2D eigenvalue weighted by Gasteiger charge is -2.20. The van der Waals surface area contributed by atoms with E-state index in [0.29, 0.717) is 0 Å². The average molecular weight is 675 g/mol. The first-order valence-electron chi connectivity index (χ1n) is 18.1. The number of fused-ring (bicyclic) bond motifs is 3. The van der Waals surface area contributed by atoms with Gasteiger partial charge in [0.05, 0.1) is 11.0 Å². The number of para-hydroxylation sites is 1. The first-order chi connectivity index (χ1) is 26.3. The minimum Gasteiger partial charge on any atom is -0.292 e. The molecule has 1 aromatic heterocycles. The zero-order chi connectivity index (χ0) is 35.1. The second-order valence-electron chi connectivity index (χ2n) is 13.5. The number of aromatic nitrogens is 2. The van der Waals surface area contributed by atoms with Gasteiger partial charge in [0.2, 0.25) is 0 Å². The molecule has 2 heteroatoms. The summed E-state index contributed by atoms with van der Waals surface area (Å²) in [4.78, 5) is 5.78. The fourth-order valence-electron chi connectivity index (χ4n) is 8.04. The molecule has 10 aromatic rings. The van der Waals surface area contributed by atoms with Crippen LogP contribution < -0.4 is 0 Å². The molecule has 0 unspecified atom stereocenters. The number of rotatable bonds is 6. The number of hydrogen-bond acceptors (Lipinski definition) is 1. The first-order valence-corrected chi connectivity index (χ1v) is 18.1. The number of nitrogens with zero attached hydrogens (tertiary/aromatic N) is 2. The third kappa shape index (κ3) is 5.23. The van der Waals surface area contributed by atoms with E-state index in [9.17, 15) is 0 Å². The van der Waals surface area contributed by atoms with Gasteiger partial charge in [0.25, 0.3) is 0 Å². The minimum atomic E-state index is 0.907. The van der Waals surface area contributed by atoms with Crippen molar-refractivity contribution < 1.29 is 0 Å². The third-order valence-electron chi connectivity index (χ3n) is 10.4. The monoisotopic (exact) mass is 674 g/mol. The first kappa shape index (κ1) is 30.8. The molecule has 53 heavy (non-hydrogen) atoms. The van der Waals surface area contributed by atoms with Gasteiger partial charge in [-0.15, -0.1) is 0 Å². The molecule has 1 heterocycles. The smallest absolute Gasteiger partial charge is 0.145 e. The highest BCUT2D eigenvalue weighted by Crippen LogP contribution is 2.49. The summed E-state index contributed by atoms with van der Waals surface area (Å²) in [6.45, 7) is 0. The molecular weight excluding hydrogens is 641 g/mol. The zero-order valence-corrected chi connectivity index (χ0v) is 29.0. The van der Waals surface area contributed by atoms with Crippen LogP contribution in [0.5, 0.6) is 0 Å². The topological polar surface area (TPSA) is 17.8 Å². The Morgan fingerprint density at radius 1 is 0.340 bits per heavy atom. The highest BCUT2D eigenvalue weighted by Gasteiger charge is 2.27.